The maximum atomic E-state index is 14.6. The first kappa shape index (κ1) is 16.4. The average molecular weight is 354 g/mol. The number of benzene rings is 1. The molecule has 4 rings (SSSR count). The zero-order chi connectivity index (χ0) is 18.5. The first-order valence-corrected chi connectivity index (χ1v) is 8.15. The van der Waals surface area contributed by atoms with Gasteiger partial charge in [-0.1, -0.05) is 30.3 Å². The molecule has 1 aromatic carbocycles. The summed E-state index contributed by atoms with van der Waals surface area (Å²) in [6.45, 7) is 1.82. The molecule has 0 bridgehead atoms. The minimum Gasteiger partial charge on any atom is -0.294 e. The van der Waals surface area contributed by atoms with E-state index in [1.54, 1.807) is 37.4 Å². The number of rotatable bonds is 2. The van der Waals surface area contributed by atoms with Crippen molar-refractivity contribution < 1.29 is 13.6 Å². The van der Waals surface area contributed by atoms with Crippen LogP contribution >= 0.6 is 0 Å². The Bertz CT molecular complexity index is 1010. The first-order valence-electron chi connectivity index (χ1n) is 8.15. The van der Waals surface area contributed by atoms with Crippen LogP contribution in [-0.2, 0) is 12.3 Å². The van der Waals surface area contributed by atoms with Gasteiger partial charge in [-0.05, 0) is 19.1 Å². The number of aryl methyl sites for hydroxylation is 1. The highest BCUT2D eigenvalue weighted by atomic mass is 19.3. The van der Waals surface area contributed by atoms with Gasteiger partial charge in [-0.15, -0.1) is 0 Å². The lowest BCUT2D eigenvalue weighted by Gasteiger charge is -2.25. The van der Waals surface area contributed by atoms with Crippen LogP contribution in [-0.4, -0.2) is 28.1 Å². The van der Waals surface area contributed by atoms with E-state index < -0.39 is 18.3 Å². The first-order chi connectivity index (χ1) is 12.4. The minimum atomic E-state index is -3.05. The van der Waals surface area contributed by atoms with Crippen LogP contribution in [0.3, 0.4) is 0 Å². The van der Waals surface area contributed by atoms with E-state index in [0.717, 1.165) is 5.69 Å². The Kier molecular flexibility index (Phi) is 3.61. The topological polar surface area (TPSA) is 61.9 Å². The third-order valence-corrected chi connectivity index (χ3v) is 4.58. The van der Waals surface area contributed by atoms with Gasteiger partial charge in [0.25, 0.3) is 11.8 Å². The van der Waals surface area contributed by atoms with Crippen molar-refractivity contribution in [2.45, 2.75) is 19.3 Å². The van der Waals surface area contributed by atoms with Crippen LogP contribution in [0.25, 0.3) is 11.3 Å². The Morgan fingerprint density at radius 3 is 2.73 bits per heavy atom. The van der Waals surface area contributed by atoms with Gasteiger partial charge in [-0.25, -0.2) is 13.8 Å². The minimum absolute atomic E-state index is 0.0632. The van der Waals surface area contributed by atoms with Gasteiger partial charge in [0.2, 0.25) is 0 Å². The number of aromatic nitrogens is 3. The van der Waals surface area contributed by atoms with Crippen LogP contribution in [0, 0.1) is 6.92 Å². The second-order valence-corrected chi connectivity index (χ2v) is 6.35. The second-order valence-electron chi connectivity index (χ2n) is 6.35. The Labute approximate surface area is 148 Å². The Hall–Kier alpha value is -3.09. The highest BCUT2D eigenvalue weighted by Gasteiger charge is 2.42. The van der Waals surface area contributed by atoms with Crippen LogP contribution in [0.2, 0.25) is 0 Å². The van der Waals surface area contributed by atoms with Crippen molar-refractivity contribution in [2.75, 3.05) is 11.9 Å². The number of hydrogen-bond acceptors (Lipinski definition) is 3. The van der Waals surface area contributed by atoms with Crippen LogP contribution in [0.4, 0.5) is 14.6 Å². The van der Waals surface area contributed by atoms with Crippen LogP contribution in [0.1, 0.15) is 27.3 Å². The number of alkyl halides is 2. The van der Waals surface area contributed by atoms with Gasteiger partial charge in [0, 0.05) is 35.9 Å². The number of H-pyrrole nitrogens is 1. The normalized spacial score (nSPS) is 14.5. The Balaban J connectivity index is 1.78. The van der Waals surface area contributed by atoms with E-state index in [1.807, 2.05) is 13.0 Å². The molecular weight excluding hydrogens is 338 g/mol. The predicted octanol–water partition coefficient (Wildman–Crippen LogP) is 3.70. The fraction of sp³-hybridized carbons (Fsp3) is 0.211. The van der Waals surface area contributed by atoms with Crippen molar-refractivity contribution in [3.63, 3.8) is 0 Å². The number of nitrogens with one attached hydrogen (secondary N) is 1. The molecular formula is C19H16F2N4O. The number of hydrogen-bond donors (Lipinski definition) is 1. The number of carbonyl (C=O) groups is 1. The molecule has 1 amide bonds. The van der Waals surface area contributed by atoms with Gasteiger partial charge in [0.15, 0.2) is 0 Å². The number of amides is 1. The van der Waals surface area contributed by atoms with Gasteiger partial charge in [0.05, 0.1) is 5.69 Å². The average Bonchev–Trinajstić information content (AvgIpc) is 3.03. The van der Waals surface area contributed by atoms with Gasteiger partial charge < -0.3 is 0 Å². The molecule has 1 aliphatic rings. The van der Waals surface area contributed by atoms with Gasteiger partial charge in [0.1, 0.15) is 11.5 Å². The molecule has 0 aliphatic heterocycles. The molecule has 0 saturated heterocycles. The molecule has 2 heterocycles. The third-order valence-electron chi connectivity index (χ3n) is 4.58. The monoisotopic (exact) mass is 354 g/mol. The smallest absolute Gasteiger partial charge is 0.278 e. The van der Waals surface area contributed by atoms with Crippen molar-refractivity contribution >= 4 is 11.7 Å². The van der Waals surface area contributed by atoms with E-state index in [4.69, 9.17) is 0 Å². The summed E-state index contributed by atoms with van der Waals surface area (Å²) < 4.78 is 29.2. The zero-order valence-electron chi connectivity index (χ0n) is 14.3. The fourth-order valence-corrected chi connectivity index (χ4v) is 3.25. The summed E-state index contributed by atoms with van der Waals surface area (Å²) in [5.41, 5.74) is 1.75. The molecule has 3 aromatic rings. The van der Waals surface area contributed by atoms with Crippen LogP contribution in [0.5, 0.6) is 0 Å². The highest BCUT2D eigenvalue weighted by Crippen LogP contribution is 2.45. The summed E-state index contributed by atoms with van der Waals surface area (Å²) >= 11 is 0. The molecule has 0 spiro atoms. The van der Waals surface area contributed by atoms with Crippen molar-refractivity contribution in [3.8, 4) is 11.3 Å². The number of aromatic amines is 1. The lowest BCUT2D eigenvalue weighted by atomic mass is 9.86. The van der Waals surface area contributed by atoms with Crippen molar-refractivity contribution in [1.29, 1.82) is 0 Å². The molecule has 1 N–H and O–H groups in total. The predicted molar refractivity (Wildman–Crippen MR) is 93.3 cm³/mol. The highest BCUT2D eigenvalue weighted by molar-refractivity contribution is 6.06. The number of carbonyl (C=O) groups excluding carboxylic acids is 1. The third kappa shape index (κ3) is 2.47. The van der Waals surface area contributed by atoms with Gasteiger partial charge in [-0.3, -0.25) is 14.8 Å². The number of nitrogens with zero attached hydrogens (tertiary/aromatic N) is 3. The molecule has 0 radical (unpaired) electrons. The van der Waals surface area contributed by atoms with Gasteiger partial charge >= 0.3 is 0 Å². The summed E-state index contributed by atoms with van der Waals surface area (Å²) in [7, 11) is 1.56. The van der Waals surface area contributed by atoms with E-state index >= 15 is 0 Å². The number of halogens is 2. The molecule has 0 saturated carbocycles. The maximum Gasteiger partial charge on any atom is 0.278 e. The van der Waals surface area contributed by atoms with Crippen LogP contribution < -0.4 is 4.90 Å². The summed E-state index contributed by atoms with van der Waals surface area (Å²) in [5.74, 6) is -3.06. The molecule has 7 heteroatoms. The molecule has 0 atom stereocenters. The molecule has 26 heavy (non-hydrogen) atoms. The summed E-state index contributed by atoms with van der Waals surface area (Å²) in [6, 6.07) is 11.6. The Morgan fingerprint density at radius 2 is 1.96 bits per heavy atom. The second kappa shape index (κ2) is 5.72. The zero-order valence-corrected chi connectivity index (χ0v) is 14.3. The van der Waals surface area contributed by atoms with E-state index in [1.165, 1.54) is 11.0 Å². The number of fused-ring (bicyclic) bond motifs is 3. The molecule has 5 nitrogen and oxygen atoms in total. The van der Waals surface area contributed by atoms with Crippen molar-refractivity contribution in [3.05, 3.63) is 65.0 Å². The van der Waals surface area contributed by atoms with E-state index in [9.17, 15) is 13.6 Å². The molecule has 0 fully saturated rings. The summed E-state index contributed by atoms with van der Waals surface area (Å²) in [4.78, 5) is 18.5. The van der Waals surface area contributed by atoms with E-state index in [-0.39, 0.29) is 16.8 Å². The molecule has 132 valence electrons. The Morgan fingerprint density at radius 1 is 1.19 bits per heavy atom. The lowest BCUT2D eigenvalue weighted by Crippen LogP contribution is -2.30. The summed E-state index contributed by atoms with van der Waals surface area (Å²) in [6.07, 6.45) is -0.563. The number of pyridine rings is 1. The SMILES string of the molecule is Cc1cccc(N(C)C(=O)c2[nH]nc3c2CC(F)(F)c2ccccc2-3)n1. The van der Waals surface area contributed by atoms with E-state index in [2.05, 4.69) is 15.2 Å². The molecule has 1 aliphatic carbocycles. The lowest BCUT2D eigenvalue weighted by molar-refractivity contribution is -0.00492. The number of anilines is 1. The molecule has 2 aromatic heterocycles. The quantitative estimate of drug-likeness (QED) is 0.763. The molecule has 0 unspecified atom stereocenters. The van der Waals surface area contributed by atoms with E-state index in [0.29, 0.717) is 17.1 Å². The maximum absolute atomic E-state index is 14.6. The van der Waals surface area contributed by atoms with Crippen molar-refractivity contribution in [2.24, 2.45) is 0 Å². The largest absolute Gasteiger partial charge is 0.294 e. The van der Waals surface area contributed by atoms with Crippen molar-refractivity contribution in [1.82, 2.24) is 15.2 Å². The van der Waals surface area contributed by atoms with Gasteiger partial charge in [-0.2, -0.15) is 5.10 Å². The summed E-state index contributed by atoms with van der Waals surface area (Å²) in [5, 5.41) is 6.81. The van der Waals surface area contributed by atoms with Crippen LogP contribution in [0.15, 0.2) is 42.5 Å². The fourth-order valence-electron chi connectivity index (χ4n) is 3.25. The standard InChI is InChI=1S/C19H16F2N4O/c1-11-6-5-9-15(22-11)25(2)18(26)17-13-10-19(20,21)14-8-4-3-7-12(14)16(13)23-24-17/h3-9H,10H2,1-2H3,(H,23,24).